The Hall–Kier alpha value is -5.97. The van der Waals surface area contributed by atoms with E-state index in [2.05, 4.69) is 21.3 Å². The number of hydrogen-bond donors (Lipinski definition) is 5. The average Bonchev–Trinajstić information content (AvgIpc) is 3.07. The summed E-state index contributed by atoms with van der Waals surface area (Å²) in [5.74, 6) is -2.51. The number of carboxylic acid groups (broad SMARTS) is 1. The number of aromatic carboxylic acids is 1. The Labute approximate surface area is 272 Å². The van der Waals surface area contributed by atoms with Gasteiger partial charge in [0.1, 0.15) is 12.6 Å². The maximum Gasteiger partial charge on any atom is 0.407 e. The third-order valence-corrected chi connectivity index (χ3v) is 7.12. The van der Waals surface area contributed by atoms with Crippen LogP contribution < -0.4 is 21.3 Å². The Morgan fingerprint density at radius 2 is 1.45 bits per heavy atom. The van der Waals surface area contributed by atoms with Crippen molar-refractivity contribution in [2.75, 3.05) is 17.2 Å². The Kier molecular flexibility index (Phi) is 12.2. The predicted molar refractivity (Wildman–Crippen MR) is 178 cm³/mol. The minimum atomic E-state index is -1.17. The van der Waals surface area contributed by atoms with E-state index in [0.717, 1.165) is 5.56 Å². The van der Waals surface area contributed by atoms with Crippen LogP contribution in [0.3, 0.4) is 0 Å². The number of carboxylic acids is 1. The molecule has 0 saturated heterocycles. The SMILES string of the molecule is CC(=O)N[C@@H](CCCCNC(=O)OCc1ccccc1)C(=O)Nc1ccc(C(=O)Nc2ccccc2C(=O)O)c(-c2ccccc2)c1. The lowest BCUT2D eigenvalue weighted by Crippen LogP contribution is -2.43. The molecule has 242 valence electrons. The molecule has 0 heterocycles. The quantitative estimate of drug-likeness (QED) is 0.109. The van der Waals surface area contributed by atoms with Gasteiger partial charge in [0.2, 0.25) is 11.8 Å². The lowest BCUT2D eigenvalue weighted by Gasteiger charge is -2.19. The Morgan fingerprint density at radius 3 is 2.15 bits per heavy atom. The minimum absolute atomic E-state index is 0.0474. The molecule has 0 aromatic heterocycles. The molecule has 0 aliphatic heterocycles. The van der Waals surface area contributed by atoms with Gasteiger partial charge in [-0.25, -0.2) is 9.59 Å². The summed E-state index contributed by atoms with van der Waals surface area (Å²) >= 11 is 0. The van der Waals surface area contributed by atoms with Crippen molar-refractivity contribution >= 4 is 41.2 Å². The van der Waals surface area contributed by atoms with Crippen molar-refractivity contribution in [3.05, 3.63) is 120 Å². The van der Waals surface area contributed by atoms with Gasteiger partial charge in [-0.15, -0.1) is 0 Å². The van der Waals surface area contributed by atoms with Crippen LogP contribution in [0.1, 0.15) is 52.5 Å². The number of para-hydroxylation sites is 1. The Balaban J connectivity index is 1.40. The molecule has 11 nitrogen and oxygen atoms in total. The van der Waals surface area contributed by atoms with Gasteiger partial charge in [0.05, 0.1) is 11.3 Å². The molecule has 4 aromatic carbocycles. The van der Waals surface area contributed by atoms with Crippen LogP contribution in [-0.4, -0.2) is 47.5 Å². The van der Waals surface area contributed by atoms with Crippen LogP contribution in [0.2, 0.25) is 0 Å². The maximum absolute atomic E-state index is 13.4. The molecule has 1 atom stereocenters. The highest BCUT2D eigenvalue weighted by Gasteiger charge is 2.21. The van der Waals surface area contributed by atoms with E-state index in [1.807, 2.05) is 60.7 Å². The van der Waals surface area contributed by atoms with E-state index >= 15 is 0 Å². The summed E-state index contributed by atoms with van der Waals surface area (Å²) in [5.41, 5.74) is 2.86. The number of carbonyl (C=O) groups is 5. The van der Waals surface area contributed by atoms with E-state index in [1.54, 1.807) is 30.3 Å². The van der Waals surface area contributed by atoms with Crippen molar-refractivity contribution < 1.29 is 33.8 Å². The van der Waals surface area contributed by atoms with Crippen LogP contribution in [0.5, 0.6) is 0 Å². The standard InChI is InChI=1S/C36H36N4O7/c1-24(41)38-32(18-10-11-21-37-36(46)47-23-25-12-4-2-5-13-25)34(43)39-27-19-20-28(30(22-27)26-14-6-3-7-15-26)33(42)40-31-17-9-8-16-29(31)35(44)45/h2-9,12-17,19-20,22,32H,10-11,18,21,23H2,1H3,(H,37,46)(H,38,41)(H,39,43)(H,40,42)(H,44,45)/t32-/m0/s1. The molecule has 0 aliphatic rings. The molecule has 0 fully saturated rings. The van der Waals surface area contributed by atoms with Crippen LogP contribution in [0, 0.1) is 0 Å². The topological polar surface area (TPSA) is 163 Å². The molecule has 47 heavy (non-hydrogen) atoms. The fourth-order valence-corrected chi connectivity index (χ4v) is 4.83. The van der Waals surface area contributed by atoms with Crippen molar-refractivity contribution in [1.29, 1.82) is 0 Å². The van der Waals surface area contributed by atoms with Crippen molar-refractivity contribution in [2.24, 2.45) is 0 Å². The fourth-order valence-electron chi connectivity index (χ4n) is 4.83. The van der Waals surface area contributed by atoms with E-state index in [4.69, 9.17) is 4.74 Å². The molecule has 0 bridgehead atoms. The van der Waals surface area contributed by atoms with Crippen LogP contribution in [-0.2, 0) is 20.9 Å². The first-order valence-corrected chi connectivity index (χ1v) is 15.1. The molecular weight excluding hydrogens is 600 g/mol. The van der Waals surface area contributed by atoms with E-state index in [1.165, 1.54) is 19.1 Å². The number of unbranched alkanes of at least 4 members (excludes halogenated alkanes) is 1. The molecule has 4 aromatic rings. The number of rotatable bonds is 14. The number of amides is 4. The lowest BCUT2D eigenvalue weighted by atomic mass is 9.98. The molecule has 0 spiro atoms. The third kappa shape index (κ3) is 10.3. The number of alkyl carbamates (subject to hydrolysis) is 1. The number of benzene rings is 4. The number of anilines is 2. The second kappa shape index (κ2) is 16.9. The summed E-state index contributed by atoms with van der Waals surface area (Å²) in [6.45, 7) is 1.82. The summed E-state index contributed by atoms with van der Waals surface area (Å²) in [4.78, 5) is 62.2. The molecule has 11 heteroatoms. The van der Waals surface area contributed by atoms with Gasteiger partial charge in [-0.3, -0.25) is 14.4 Å². The maximum atomic E-state index is 13.4. The Bertz CT molecular complexity index is 1710. The van der Waals surface area contributed by atoms with Crippen LogP contribution in [0.25, 0.3) is 11.1 Å². The predicted octanol–water partition coefficient (Wildman–Crippen LogP) is 5.84. The average molecular weight is 637 g/mol. The summed E-state index contributed by atoms with van der Waals surface area (Å²) in [6, 6.07) is 28.4. The van der Waals surface area contributed by atoms with Gasteiger partial charge in [-0.1, -0.05) is 72.8 Å². The summed E-state index contributed by atoms with van der Waals surface area (Å²) in [6.07, 6.45) is 0.865. The van der Waals surface area contributed by atoms with E-state index in [9.17, 15) is 29.1 Å². The second-order valence-corrected chi connectivity index (χ2v) is 10.7. The molecule has 0 aliphatic carbocycles. The molecule has 5 N–H and O–H groups in total. The molecule has 0 saturated carbocycles. The van der Waals surface area contributed by atoms with E-state index in [-0.39, 0.29) is 29.3 Å². The van der Waals surface area contributed by atoms with E-state index in [0.29, 0.717) is 42.6 Å². The van der Waals surface area contributed by atoms with Crippen molar-refractivity contribution in [3.63, 3.8) is 0 Å². The third-order valence-electron chi connectivity index (χ3n) is 7.12. The highest BCUT2D eigenvalue weighted by Crippen LogP contribution is 2.29. The number of hydrogen-bond acceptors (Lipinski definition) is 6. The zero-order chi connectivity index (χ0) is 33.6. The molecule has 4 amide bonds. The molecule has 0 unspecified atom stereocenters. The highest BCUT2D eigenvalue weighted by molar-refractivity contribution is 6.11. The van der Waals surface area contributed by atoms with Gasteiger partial charge in [0, 0.05) is 24.7 Å². The highest BCUT2D eigenvalue weighted by atomic mass is 16.5. The molecule has 4 rings (SSSR count). The summed E-state index contributed by atoms with van der Waals surface area (Å²) in [5, 5.41) is 20.4. The van der Waals surface area contributed by atoms with Crippen molar-refractivity contribution in [2.45, 2.75) is 38.8 Å². The van der Waals surface area contributed by atoms with Crippen molar-refractivity contribution in [3.8, 4) is 11.1 Å². The smallest absolute Gasteiger partial charge is 0.407 e. The molecule has 0 radical (unpaired) electrons. The first-order chi connectivity index (χ1) is 22.7. The lowest BCUT2D eigenvalue weighted by molar-refractivity contribution is -0.125. The number of carbonyl (C=O) groups excluding carboxylic acids is 4. The number of ether oxygens (including phenoxy) is 1. The monoisotopic (exact) mass is 636 g/mol. The first-order valence-electron chi connectivity index (χ1n) is 15.1. The van der Waals surface area contributed by atoms with Crippen LogP contribution in [0.4, 0.5) is 16.2 Å². The van der Waals surface area contributed by atoms with Crippen LogP contribution in [0.15, 0.2) is 103 Å². The van der Waals surface area contributed by atoms with Crippen LogP contribution >= 0.6 is 0 Å². The minimum Gasteiger partial charge on any atom is -0.478 e. The fraction of sp³-hybridized carbons (Fsp3) is 0.194. The zero-order valence-electron chi connectivity index (χ0n) is 25.8. The van der Waals surface area contributed by atoms with Gasteiger partial charge in [0.15, 0.2) is 0 Å². The van der Waals surface area contributed by atoms with Gasteiger partial charge in [-0.05, 0) is 66.3 Å². The summed E-state index contributed by atoms with van der Waals surface area (Å²) < 4.78 is 5.20. The largest absolute Gasteiger partial charge is 0.478 e. The van der Waals surface area contributed by atoms with E-state index < -0.39 is 29.9 Å². The Morgan fingerprint density at radius 1 is 0.766 bits per heavy atom. The van der Waals surface area contributed by atoms with Gasteiger partial charge in [0.25, 0.3) is 5.91 Å². The zero-order valence-corrected chi connectivity index (χ0v) is 25.8. The number of nitrogens with one attached hydrogen (secondary N) is 4. The van der Waals surface area contributed by atoms with Crippen molar-refractivity contribution in [1.82, 2.24) is 10.6 Å². The first kappa shape index (κ1) is 33.9. The second-order valence-electron chi connectivity index (χ2n) is 10.7. The molecular formula is C36H36N4O7. The summed E-state index contributed by atoms with van der Waals surface area (Å²) in [7, 11) is 0. The van der Waals surface area contributed by atoms with Gasteiger partial charge >= 0.3 is 12.1 Å². The van der Waals surface area contributed by atoms with Gasteiger partial charge in [-0.2, -0.15) is 0 Å². The van der Waals surface area contributed by atoms with Gasteiger partial charge < -0.3 is 31.1 Å². The normalized spacial score (nSPS) is 11.1.